The van der Waals surface area contributed by atoms with Gasteiger partial charge in [0, 0.05) is 23.4 Å². The van der Waals surface area contributed by atoms with Crippen LogP contribution in [0.2, 0.25) is 0 Å². The van der Waals surface area contributed by atoms with E-state index in [0.717, 1.165) is 28.2 Å². The first-order chi connectivity index (χ1) is 11.6. The number of nitrogens with one attached hydrogen (secondary N) is 1. The van der Waals surface area contributed by atoms with Crippen molar-refractivity contribution in [2.75, 3.05) is 6.54 Å². The van der Waals surface area contributed by atoms with Gasteiger partial charge in [-0.25, -0.2) is 4.98 Å². The highest BCUT2D eigenvalue weighted by Gasteiger charge is 2.08. The maximum Gasteiger partial charge on any atom is 0.251 e. The summed E-state index contributed by atoms with van der Waals surface area (Å²) in [4.78, 5) is 17.9. The molecule has 0 atom stereocenters. The number of hydrogen-bond acceptors (Lipinski definition) is 3. The van der Waals surface area contributed by atoms with Crippen LogP contribution in [0.25, 0.3) is 11.1 Å². The van der Waals surface area contributed by atoms with Gasteiger partial charge < -0.3 is 5.32 Å². The third kappa shape index (κ3) is 3.89. The molecule has 0 spiro atoms. The Balaban J connectivity index is 1.58. The number of carbonyl (C=O) groups is 1. The van der Waals surface area contributed by atoms with Crippen LogP contribution in [-0.4, -0.2) is 17.4 Å². The number of carbonyl (C=O) groups excluding carboxylic acids is 1. The largest absolute Gasteiger partial charge is 0.352 e. The van der Waals surface area contributed by atoms with Crippen molar-refractivity contribution in [1.82, 2.24) is 10.3 Å². The Kier molecular flexibility index (Phi) is 5.06. The van der Waals surface area contributed by atoms with Gasteiger partial charge >= 0.3 is 0 Å². The summed E-state index contributed by atoms with van der Waals surface area (Å²) >= 11 is 1.70. The van der Waals surface area contributed by atoms with Gasteiger partial charge in [0.1, 0.15) is 0 Å². The SMILES string of the molecule is Cc1nc(C)c(CCNC(=O)c2ccc(-c3ccccc3)cc2)s1. The summed E-state index contributed by atoms with van der Waals surface area (Å²) < 4.78 is 0. The molecule has 4 heteroatoms. The van der Waals surface area contributed by atoms with E-state index < -0.39 is 0 Å². The van der Waals surface area contributed by atoms with E-state index in [1.807, 2.05) is 56.3 Å². The van der Waals surface area contributed by atoms with E-state index in [1.54, 1.807) is 11.3 Å². The van der Waals surface area contributed by atoms with E-state index >= 15 is 0 Å². The highest BCUT2D eigenvalue weighted by Crippen LogP contribution is 2.19. The monoisotopic (exact) mass is 336 g/mol. The summed E-state index contributed by atoms with van der Waals surface area (Å²) in [7, 11) is 0. The van der Waals surface area contributed by atoms with E-state index in [0.29, 0.717) is 12.1 Å². The zero-order valence-corrected chi connectivity index (χ0v) is 14.7. The van der Waals surface area contributed by atoms with Crippen molar-refractivity contribution < 1.29 is 4.79 Å². The van der Waals surface area contributed by atoms with E-state index in [1.165, 1.54) is 4.88 Å². The molecule has 0 unspecified atom stereocenters. The lowest BCUT2D eigenvalue weighted by Gasteiger charge is -2.06. The average molecular weight is 336 g/mol. The minimum atomic E-state index is -0.0338. The fourth-order valence-electron chi connectivity index (χ4n) is 2.64. The maximum atomic E-state index is 12.2. The van der Waals surface area contributed by atoms with E-state index in [2.05, 4.69) is 22.4 Å². The van der Waals surface area contributed by atoms with Crippen molar-refractivity contribution in [2.24, 2.45) is 0 Å². The second-order valence-corrected chi connectivity index (χ2v) is 6.98. The van der Waals surface area contributed by atoms with Crippen molar-refractivity contribution >= 4 is 17.2 Å². The molecular weight excluding hydrogens is 316 g/mol. The Morgan fingerprint density at radius 2 is 1.67 bits per heavy atom. The van der Waals surface area contributed by atoms with Crippen molar-refractivity contribution in [2.45, 2.75) is 20.3 Å². The fraction of sp³-hybridized carbons (Fsp3) is 0.200. The molecule has 3 nitrogen and oxygen atoms in total. The molecule has 1 N–H and O–H groups in total. The van der Waals surface area contributed by atoms with Gasteiger partial charge in [0.25, 0.3) is 5.91 Å². The minimum Gasteiger partial charge on any atom is -0.352 e. The van der Waals surface area contributed by atoms with Gasteiger partial charge in [0.05, 0.1) is 10.7 Å². The average Bonchev–Trinajstić information content (AvgIpc) is 2.93. The van der Waals surface area contributed by atoms with Crippen LogP contribution >= 0.6 is 11.3 Å². The molecule has 0 radical (unpaired) electrons. The molecule has 0 fully saturated rings. The maximum absolute atomic E-state index is 12.2. The van der Waals surface area contributed by atoms with Gasteiger partial charge in [-0.15, -0.1) is 11.3 Å². The number of amides is 1. The summed E-state index contributed by atoms with van der Waals surface area (Å²) in [5.74, 6) is -0.0338. The number of benzene rings is 2. The van der Waals surface area contributed by atoms with Crippen LogP contribution in [0.3, 0.4) is 0 Å². The summed E-state index contributed by atoms with van der Waals surface area (Å²) in [6, 6.07) is 17.9. The highest BCUT2D eigenvalue weighted by atomic mass is 32.1. The predicted octanol–water partition coefficient (Wildman–Crippen LogP) is 4.40. The number of nitrogens with zero attached hydrogens (tertiary/aromatic N) is 1. The van der Waals surface area contributed by atoms with E-state index in [4.69, 9.17) is 0 Å². The quantitative estimate of drug-likeness (QED) is 0.750. The van der Waals surface area contributed by atoms with Crippen molar-refractivity contribution in [3.63, 3.8) is 0 Å². The number of aromatic nitrogens is 1. The van der Waals surface area contributed by atoms with Crippen LogP contribution in [0.5, 0.6) is 0 Å². The molecule has 2 aromatic carbocycles. The Hall–Kier alpha value is -2.46. The zero-order chi connectivity index (χ0) is 16.9. The first-order valence-corrected chi connectivity index (χ1v) is 8.82. The highest BCUT2D eigenvalue weighted by molar-refractivity contribution is 7.11. The molecule has 0 saturated carbocycles. The Bertz CT molecular complexity index is 823. The lowest BCUT2D eigenvalue weighted by molar-refractivity contribution is 0.0954. The van der Waals surface area contributed by atoms with E-state index in [-0.39, 0.29) is 5.91 Å². The molecule has 0 saturated heterocycles. The minimum absolute atomic E-state index is 0.0338. The molecule has 0 aliphatic carbocycles. The van der Waals surface area contributed by atoms with Crippen LogP contribution in [-0.2, 0) is 6.42 Å². The van der Waals surface area contributed by atoms with Gasteiger partial charge in [-0.05, 0) is 37.1 Å². The molecule has 3 aromatic rings. The van der Waals surface area contributed by atoms with Crippen LogP contribution in [0.4, 0.5) is 0 Å². The molecule has 24 heavy (non-hydrogen) atoms. The van der Waals surface area contributed by atoms with Gasteiger partial charge in [-0.2, -0.15) is 0 Å². The van der Waals surface area contributed by atoms with Crippen LogP contribution in [0.15, 0.2) is 54.6 Å². The number of hydrogen-bond donors (Lipinski definition) is 1. The van der Waals surface area contributed by atoms with Gasteiger partial charge in [-0.3, -0.25) is 4.79 Å². The molecule has 3 rings (SSSR count). The molecule has 1 heterocycles. The second-order valence-electron chi connectivity index (χ2n) is 5.69. The topological polar surface area (TPSA) is 42.0 Å². The molecule has 0 bridgehead atoms. The molecule has 0 aliphatic heterocycles. The normalized spacial score (nSPS) is 10.6. The van der Waals surface area contributed by atoms with Crippen LogP contribution < -0.4 is 5.32 Å². The molecule has 0 aliphatic rings. The fourth-order valence-corrected chi connectivity index (χ4v) is 3.58. The molecule has 1 amide bonds. The Morgan fingerprint density at radius 1 is 1.00 bits per heavy atom. The lowest BCUT2D eigenvalue weighted by atomic mass is 10.0. The lowest BCUT2D eigenvalue weighted by Crippen LogP contribution is -2.25. The summed E-state index contributed by atoms with van der Waals surface area (Å²) in [6.07, 6.45) is 0.825. The van der Waals surface area contributed by atoms with Crippen molar-refractivity contribution in [1.29, 1.82) is 0 Å². The summed E-state index contributed by atoms with van der Waals surface area (Å²) in [5.41, 5.74) is 4.02. The zero-order valence-electron chi connectivity index (χ0n) is 13.9. The van der Waals surface area contributed by atoms with Gasteiger partial charge in [-0.1, -0.05) is 42.5 Å². The van der Waals surface area contributed by atoms with Crippen molar-refractivity contribution in [3.8, 4) is 11.1 Å². The second kappa shape index (κ2) is 7.41. The number of aryl methyl sites for hydroxylation is 2. The van der Waals surface area contributed by atoms with Gasteiger partial charge in [0.15, 0.2) is 0 Å². The number of rotatable bonds is 5. The number of thiazole rings is 1. The Morgan fingerprint density at radius 3 is 2.29 bits per heavy atom. The Labute approximate surface area is 146 Å². The first-order valence-electron chi connectivity index (χ1n) is 8.00. The van der Waals surface area contributed by atoms with Crippen molar-refractivity contribution in [3.05, 3.63) is 75.7 Å². The van der Waals surface area contributed by atoms with E-state index in [9.17, 15) is 4.79 Å². The summed E-state index contributed by atoms with van der Waals surface area (Å²) in [5, 5.41) is 4.06. The molecular formula is C20H20N2OS. The standard InChI is InChI=1S/C20H20N2OS/c1-14-19(24-15(2)22-14)12-13-21-20(23)18-10-8-17(9-11-18)16-6-4-3-5-7-16/h3-11H,12-13H2,1-2H3,(H,21,23). The smallest absolute Gasteiger partial charge is 0.251 e. The molecule has 1 aromatic heterocycles. The third-order valence-corrected chi connectivity index (χ3v) is 5.02. The predicted molar refractivity (Wildman–Crippen MR) is 99.5 cm³/mol. The first kappa shape index (κ1) is 16.4. The van der Waals surface area contributed by atoms with Crippen LogP contribution in [0, 0.1) is 13.8 Å². The molecule has 122 valence electrons. The summed E-state index contributed by atoms with van der Waals surface area (Å²) in [6.45, 7) is 4.65. The third-order valence-electron chi connectivity index (χ3n) is 3.89. The van der Waals surface area contributed by atoms with Gasteiger partial charge in [0.2, 0.25) is 0 Å². The van der Waals surface area contributed by atoms with Crippen LogP contribution in [0.1, 0.15) is 25.9 Å².